The zero-order chi connectivity index (χ0) is 18.5. The molecule has 0 bridgehead atoms. The first-order chi connectivity index (χ1) is 12.5. The molecule has 0 aliphatic carbocycles. The molecular formula is C20H23NO5. The van der Waals surface area contributed by atoms with Gasteiger partial charge in [0.15, 0.2) is 18.1 Å². The Kier molecular flexibility index (Phi) is 5.63. The van der Waals surface area contributed by atoms with Gasteiger partial charge in [-0.1, -0.05) is 18.2 Å². The van der Waals surface area contributed by atoms with Crippen LogP contribution in [0.2, 0.25) is 0 Å². The monoisotopic (exact) mass is 357 g/mol. The molecule has 0 radical (unpaired) electrons. The highest BCUT2D eigenvalue weighted by molar-refractivity contribution is 5.77. The molecule has 2 aromatic rings. The van der Waals surface area contributed by atoms with E-state index in [0.717, 1.165) is 11.1 Å². The molecule has 0 saturated carbocycles. The fourth-order valence-corrected chi connectivity index (χ4v) is 2.67. The number of fused-ring (bicyclic) bond motifs is 1. The van der Waals surface area contributed by atoms with E-state index < -0.39 is 6.10 Å². The largest absolute Gasteiger partial charge is 0.486 e. The minimum atomic E-state index is -0.838. The number of carbonyl (C=O) groups is 1. The molecule has 138 valence electrons. The number of hydrogen-bond acceptors (Lipinski definition) is 5. The van der Waals surface area contributed by atoms with Crippen LogP contribution in [-0.4, -0.2) is 37.4 Å². The lowest BCUT2D eigenvalue weighted by atomic mass is 10.1. The Morgan fingerprint density at radius 3 is 2.77 bits per heavy atom. The van der Waals surface area contributed by atoms with Gasteiger partial charge in [-0.15, -0.1) is 0 Å². The Hall–Kier alpha value is -2.73. The average Bonchev–Trinajstić information content (AvgIpc) is 2.66. The second-order valence-electron chi connectivity index (χ2n) is 6.21. The van der Waals surface area contributed by atoms with E-state index in [1.165, 1.54) is 0 Å². The van der Waals surface area contributed by atoms with Gasteiger partial charge < -0.3 is 24.6 Å². The van der Waals surface area contributed by atoms with Crippen molar-refractivity contribution >= 4 is 5.91 Å². The SMILES string of the molecule is Cc1cccc(OCC(=O)NCC(O)c2ccc3c(c2)OCCO3)c1C. The standard InChI is InChI=1S/C20H23NO5/c1-13-4-3-5-17(14(13)2)26-12-20(23)21-11-16(22)15-6-7-18-19(10-15)25-9-8-24-18/h3-7,10,16,22H,8-9,11-12H2,1-2H3,(H,21,23). The predicted molar refractivity (Wildman–Crippen MR) is 96.8 cm³/mol. The molecule has 2 N–H and O–H groups in total. The van der Waals surface area contributed by atoms with Gasteiger partial charge in [0, 0.05) is 6.54 Å². The number of ether oxygens (including phenoxy) is 3. The summed E-state index contributed by atoms with van der Waals surface area (Å²) in [5.41, 5.74) is 2.78. The molecule has 2 aromatic carbocycles. The lowest BCUT2D eigenvalue weighted by Gasteiger charge is -2.20. The van der Waals surface area contributed by atoms with Gasteiger partial charge in [0.2, 0.25) is 0 Å². The number of aliphatic hydroxyl groups is 1. The van der Waals surface area contributed by atoms with Crippen molar-refractivity contribution in [2.75, 3.05) is 26.4 Å². The molecule has 1 heterocycles. The summed E-state index contributed by atoms with van der Waals surface area (Å²) in [6.07, 6.45) is -0.838. The van der Waals surface area contributed by atoms with E-state index in [0.29, 0.717) is 36.0 Å². The lowest BCUT2D eigenvalue weighted by molar-refractivity contribution is -0.123. The molecule has 0 aromatic heterocycles. The maximum absolute atomic E-state index is 12.0. The summed E-state index contributed by atoms with van der Waals surface area (Å²) in [5.74, 6) is 1.67. The van der Waals surface area contributed by atoms with Crippen LogP contribution in [0.15, 0.2) is 36.4 Å². The van der Waals surface area contributed by atoms with Gasteiger partial charge in [-0.25, -0.2) is 0 Å². The number of benzene rings is 2. The third-order valence-electron chi connectivity index (χ3n) is 4.36. The quantitative estimate of drug-likeness (QED) is 0.830. The minimum Gasteiger partial charge on any atom is -0.486 e. The Morgan fingerprint density at radius 1 is 1.19 bits per heavy atom. The molecule has 0 spiro atoms. The first kappa shape index (κ1) is 18.1. The van der Waals surface area contributed by atoms with Crippen LogP contribution in [0.4, 0.5) is 0 Å². The number of amides is 1. The highest BCUT2D eigenvalue weighted by atomic mass is 16.6. The van der Waals surface area contributed by atoms with Crippen LogP contribution < -0.4 is 19.5 Å². The predicted octanol–water partition coefficient (Wildman–Crippen LogP) is 2.30. The maximum Gasteiger partial charge on any atom is 0.258 e. The third-order valence-corrected chi connectivity index (χ3v) is 4.36. The molecule has 1 atom stereocenters. The van der Waals surface area contributed by atoms with Crippen molar-refractivity contribution in [3.8, 4) is 17.2 Å². The molecule has 3 rings (SSSR count). The van der Waals surface area contributed by atoms with E-state index in [1.54, 1.807) is 18.2 Å². The Balaban J connectivity index is 1.50. The number of carbonyl (C=O) groups excluding carboxylic acids is 1. The Labute approximate surface area is 152 Å². The fraction of sp³-hybridized carbons (Fsp3) is 0.350. The molecule has 26 heavy (non-hydrogen) atoms. The Morgan fingerprint density at radius 2 is 1.96 bits per heavy atom. The van der Waals surface area contributed by atoms with Crippen LogP contribution in [0, 0.1) is 13.8 Å². The molecule has 1 aliphatic heterocycles. The molecule has 0 saturated heterocycles. The first-order valence-corrected chi connectivity index (χ1v) is 8.58. The molecule has 1 aliphatic rings. The van der Waals surface area contributed by atoms with Gasteiger partial charge in [0.1, 0.15) is 19.0 Å². The molecule has 1 amide bonds. The summed E-state index contributed by atoms with van der Waals surface area (Å²) in [6, 6.07) is 11.0. The number of aliphatic hydroxyl groups excluding tert-OH is 1. The fourth-order valence-electron chi connectivity index (χ4n) is 2.67. The molecule has 1 unspecified atom stereocenters. The van der Waals surface area contributed by atoms with Crippen LogP contribution in [0.1, 0.15) is 22.8 Å². The van der Waals surface area contributed by atoms with Crippen molar-refractivity contribution in [1.82, 2.24) is 5.32 Å². The van der Waals surface area contributed by atoms with Gasteiger partial charge in [0.05, 0.1) is 6.10 Å². The summed E-state index contributed by atoms with van der Waals surface area (Å²) < 4.78 is 16.5. The van der Waals surface area contributed by atoms with Gasteiger partial charge in [-0.2, -0.15) is 0 Å². The highest BCUT2D eigenvalue weighted by Gasteiger charge is 2.16. The summed E-state index contributed by atoms with van der Waals surface area (Å²) in [5, 5.41) is 13.0. The van der Waals surface area contributed by atoms with Crippen LogP contribution in [0.5, 0.6) is 17.2 Å². The summed E-state index contributed by atoms with van der Waals surface area (Å²) in [7, 11) is 0. The van der Waals surface area contributed by atoms with Crippen molar-refractivity contribution in [1.29, 1.82) is 0 Å². The lowest BCUT2D eigenvalue weighted by Crippen LogP contribution is -2.32. The second kappa shape index (κ2) is 8.10. The van der Waals surface area contributed by atoms with Gasteiger partial charge >= 0.3 is 0 Å². The van der Waals surface area contributed by atoms with Crippen molar-refractivity contribution in [2.45, 2.75) is 20.0 Å². The Bertz CT molecular complexity index is 790. The van der Waals surface area contributed by atoms with E-state index in [-0.39, 0.29) is 19.1 Å². The van der Waals surface area contributed by atoms with E-state index in [2.05, 4.69) is 5.32 Å². The van der Waals surface area contributed by atoms with E-state index in [4.69, 9.17) is 14.2 Å². The average molecular weight is 357 g/mol. The van der Waals surface area contributed by atoms with Crippen LogP contribution in [-0.2, 0) is 4.79 Å². The molecule has 6 nitrogen and oxygen atoms in total. The maximum atomic E-state index is 12.0. The van der Waals surface area contributed by atoms with Gasteiger partial charge in [-0.05, 0) is 48.7 Å². The number of aryl methyl sites for hydroxylation is 1. The summed E-state index contributed by atoms with van der Waals surface area (Å²) in [6.45, 7) is 4.94. The molecule has 6 heteroatoms. The smallest absolute Gasteiger partial charge is 0.258 e. The van der Waals surface area contributed by atoms with Crippen molar-refractivity contribution in [3.05, 3.63) is 53.1 Å². The second-order valence-corrected chi connectivity index (χ2v) is 6.21. The number of rotatable bonds is 6. The van der Waals surface area contributed by atoms with Crippen molar-refractivity contribution < 1.29 is 24.1 Å². The van der Waals surface area contributed by atoms with Crippen LogP contribution in [0.3, 0.4) is 0 Å². The topological polar surface area (TPSA) is 77.0 Å². The van der Waals surface area contributed by atoms with Crippen molar-refractivity contribution in [2.24, 2.45) is 0 Å². The number of nitrogens with one attached hydrogen (secondary N) is 1. The normalized spacial score (nSPS) is 13.8. The highest BCUT2D eigenvalue weighted by Crippen LogP contribution is 2.32. The van der Waals surface area contributed by atoms with E-state index in [1.807, 2.05) is 32.0 Å². The third kappa shape index (κ3) is 4.26. The zero-order valence-corrected chi connectivity index (χ0v) is 15.0. The van der Waals surface area contributed by atoms with E-state index >= 15 is 0 Å². The molecular weight excluding hydrogens is 334 g/mol. The number of hydrogen-bond donors (Lipinski definition) is 2. The van der Waals surface area contributed by atoms with Crippen LogP contribution in [0.25, 0.3) is 0 Å². The zero-order valence-electron chi connectivity index (χ0n) is 15.0. The van der Waals surface area contributed by atoms with E-state index in [9.17, 15) is 9.90 Å². The summed E-state index contributed by atoms with van der Waals surface area (Å²) >= 11 is 0. The minimum absolute atomic E-state index is 0.0919. The van der Waals surface area contributed by atoms with Crippen LogP contribution >= 0.6 is 0 Å². The first-order valence-electron chi connectivity index (χ1n) is 8.58. The molecule has 0 fully saturated rings. The van der Waals surface area contributed by atoms with Gasteiger partial charge in [0.25, 0.3) is 5.91 Å². The van der Waals surface area contributed by atoms with Gasteiger partial charge in [-0.3, -0.25) is 4.79 Å². The van der Waals surface area contributed by atoms with Crippen molar-refractivity contribution in [3.63, 3.8) is 0 Å². The summed E-state index contributed by atoms with van der Waals surface area (Å²) in [4.78, 5) is 12.0.